The van der Waals surface area contributed by atoms with Crippen molar-refractivity contribution in [1.82, 2.24) is 0 Å². The van der Waals surface area contributed by atoms with Gasteiger partial charge in [0.2, 0.25) is 0 Å². The Morgan fingerprint density at radius 1 is 1.25 bits per heavy atom. The predicted molar refractivity (Wildman–Crippen MR) is 75.1 cm³/mol. The van der Waals surface area contributed by atoms with E-state index in [9.17, 15) is 9.18 Å². The topological polar surface area (TPSA) is 52.9 Å². The number of nitrogens with one attached hydrogen (secondary N) is 1. The van der Waals surface area contributed by atoms with Crippen molar-refractivity contribution >= 4 is 11.5 Å². The average Bonchev–Trinajstić information content (AvgIpc) is 2.48. The first-order valence-corrected chi connectivity index (χ1v) is 6.13. The number of benzene rings is 2. The van der Waals surface area contributed by atoms with Crippen molar-refractivity contribution < 1.29 is 9.18 Å². The molecule has 100 valence electrons. The van der Waals surface area contributed by atoms with Crippen molar-refractivity contribution in [3.8, 4) is 6.07 Å². The number of nitriles is 1. The third kappa shape index (κ3) is 3.21. The molecule has 1 N–H and O–H groups in total. The Labute approximate surface area is 116 Å². The first-order valence-electron chi connectivity index (χ1n) is 6.13. The van der Waals surface area contributed by atoms with Crippen LogP contribution >= 0.6 is 0 Å². The fourth-order valence-corrected chi connectivity index (χ4v) is 1.77. The molecular weight excluding hydrogens is 255 g/mol. The molecule has 0 atom stereocenters. The van der Waals surface area contributed by atoms with Gasteiger partial charge in [-0.3, -0.25) is 4.79 Å². The highest BCUT2D eigenvalue weighted by Gasteiger charge is 2.07. The Kier molecular flexibility index (Phi) is 4.11. The summed E-state index contributed by atoms with van der Waals surface area (Å²) < 4.78 is 13.1. The molecule has 2 aromatic rings. The van der Waals surface area contributed by atoms with Crippen LogP contribution in [0.15, 0.2) is 42.5 Å². The van der Waals surface area contributed by atoms with Gasteiger partial charge in [0.05, 0.1) is 18.2 Å². The van der Waals surface area contributed by atoms with Crippen LogP contribution in [0, 0.1) is 24.1 Å². The normalized spacial score (nSPS) is 9.85. The van der Waals surface area contributed by atoms with E-state index < -0.39 is 0 Å². The summed E-state index contributed by atoms with van der Waals surface area (Å²) >= 11 is 0. The fourth-order valence-electron chi connectivity index (χ4n) is 1.77. The molecule has 0 bridgehead atoms. The number of carbonyl (C=O) groups is 1. The van der Waals surface area contributed by atoms with Crippen LogP contribution in [-0.4, -0.2) is 12.3 Å². The minimum Gasteiger partial charge on any atom is -0.378 e. The second-order valence-corrected chi connectivity index (χ2v) is 4.43. The minimum atomic E-state index is -0.318. The van der Waals surface area contributed by atoms with Crippen LogP contribution in [0.1, 0.15) is 21.5 Å². The second kappa shape index (κ2) is 5.98. The molecule has 0 fully saturated rings. The SMILES string of the molecule is Cc1cc(C(=O)CNc2ccc(C#N)cc2)ccc1F. The predicted octanol–water partition coefficient (Wildman–Crippen LogP) is 3.30. The van der Waals surface area contributed by atoms with Crippen molar-refractivity contribution in [2.24, 2.45) is 0 Å². The lowest BCUT2D eigenvalue weighted by Crippen LogP contribution is -2.14. The molecule has 0 aliphatic carbocycles. The molecule has 0 heterocycles. The number of halogens is 1. The van der Waals surface area contributed by atoms with E-state index in [0.717, 1.165) is 5.69 Å². The molecule has 3 nitrogen and oxygen atoms in total. The van der Waals surface area contributed by atoms with Crippen LogP contribution in [0.4, 0.5) is 10.1 Å². The van der Waals surface area contributed by atoms with Gasteiger partial charge < -0.3 is 5.32 Å². The molecule has 0 saturated carbocycles. The van der Waals surface area contributed by atoms with Crippen LogP contribution < -0.4 is 5.32 Å². The highest BCUT2D eigenvalue weighted by atomic mass is 19.1. The van der Waals surface area contributed by atoms with Gasteiger partial charge in [0, 0.05) is 11.3 Å². The van der Waals surface area contributed by atoms with E-state index in [1.807, 2.05) is 6.07 Å². The number of anilines is 1. The van der Waals surface area contributed by atoms with E-state index in [0.29, 0.717) is 16.7 Å². The number of aryl methyl sites for hydroxylation is 1. The summed E-state index contributed by atoms with van der Waals surface area (Å²) in [6.45, 7) is 1.75. The summed E-state index contributed by atoms with van der Waals surface area (Å²) in [7, 11) is 0. The smallest absolute Gasteiger partial charge is 0.181 e. The lowest BCUT2D eigenvalue weighted by atomic mass is 10.1. The lowest BCUT2D eigenvalue weighted by molar-refractivity contribution is 0.101. The van der Waals surface area contributed by atoms with Crippen molar-refractivity contribution in [2.75, 3.05) is 11.9 Å². The third-order valence-corrected chi connectivity index (χ3v) is 2.95. The number of hydrogen-bond acceptors (Lipinski definition) is 3. The van der Waals surface area contributed by atoms with Crippen LogP contribution in [-0.2, 0) is 0 Å². The largest absolute Gasteiger partial charge is 0.378 e. The Hall–Kier alpha value is -2.67. The van der Waals surface area contributed by atoms with Crippen LogP contribution in [0.2, 0.25) is 0 Å². The Morgan fingerprint density at radius 2 is 1.95 bits per heavy atom. The van der Waals surface area contributed by atoms with Gasteiger partial charge >= 0.3 is 0 Å². The maximum Gasteiger partial charge on any atom is 0.181 e. The minimum absolute atomic E-state index is 0.113. The summed E-state index contributed by atoms with van der Waals surface area (Å²) in [5, 5.41) is 11.7. The molecule has 20 heavy (non-hydrogen) atoms. The number of carbonyl (C=O) groups excluding carboxylic acids is 1. The standard InChI is InChI=1S/C16H13FN2O/c1-11-8-13(4-7-15(11)17)16(20)10-19-14-5-2-12(9-18)3-6-14/h2-8,19H,10H2,1H3. The van der Waals surface area contributed by atoms with Gasteiger partial charge in [0.1, 0.15) is 5.82 Å². The molecule has 0 spiro atoms. The molecule has 0 aromatic heterocycles. The van der Waals surface area contributed by atoms with Crippen molar-refractivity contribution in [3.05, 3.63) is 65.0 Å². The lowest BCUT2D eigenvalue weighted by Gasteiger charge is -2.06. The van der Waals surface area contributed by atoms with E-state index in [1.54, 1.807) is 31.2 Å². The van der Waals surface area contributed by atoms with E-state index in [1.165, 1.54) is 18.2 Å². The maximum absolute atomic E-state index is 13.1. The Bertz CT molecular complexity index is 672. The van der Waals surface area contributed by atoms with Crippen LogP contribution in [0.5, 0.6) is 0 Å². The number of ketones is 1. The molecule has 0 saturated heterocycles. The Morgan fingerprint density at radius 3 is 2.55 bits per heavy atom. The maximum atomic E-state index is 13.1. The molecule has 0 amide bonds. The number of hydrogen-bond donors (Lipinski definition) is 1. The first kappa shape index (κ1) is 13.8. The molecule has 0 unspecified atom stereocenters. The number of nitrogens with zero attached hydrogens (tertiary/aromatic N) is 1. The van der Waals surface area contributed by atoms with Crippen molar-refractivity contribution in [3.63, 3.8) is 0 Å². The molecule has 0 aliphatic heterocycles. The third-order valence-electron chi connectivity index (χ3n) is 2.95. The zero-order valence-corrected chi connectivity index (χ0v) is 11.0. The van der Waals surface area contributed by atoms with E-state index >= 15 is 0 Å². The highest BCUT2D eigenvalue weighted by molar-refractivity contribution is 5.99. The van der Waals surface area contributed by atoms with Crippen molar-refractivity contribution in [2.45, 2.75) is 6.92 Å². The van der Waals surface area contributed by atoms with Crippen LogP contribution in [0.3, 0.4) is 0 Å². The number of rotatable bonds is 4. The number of Topliss-reactive ketones (excluding diaryl/α,β-unsaturated/α-hetero) is 1. The second-order valence-electron chi connectivity index (χ2n) is 4.43. The summed E-state index contributed by atoms with van der Waals surface area (Å²) in [5.41, 5.74) is 2.26. The van der Waals surface area contributed by atoms with Crippen LogP contribution in [0.25, 0.3) is 0 Å². The van der Waals surface area contributed by atoms with Gasteiger partial charge in [-0.1, -0.05) is 0 Å². The summed E-state index contributed by atoms with van der Waals surface area (Å²) in [6.07, 6.45) is 0. The molecule has 4 heteroatoms. The molecule has 2 aromatic carbocycles. The monoisotopic (exact) mass is 268 g/mol. The van der Waals surface area contributed by atoms with Gasteiger partial charge in [0.25, 0.3) is 0 Å². The summed E-state index contributed by atoms with van der Waals surface area (Å²) in [5.74, 6) is -0.431. The molecular formula is C16H13FN2O. The summed E-state index contributed by atoms with van der Waals surface area (Å²) in [6, 6.07) is 13.2. The highest BCUT2D eigenvalue weighted by Crippen LogP contribution is 2.12. The van der Waals surface area contributed by atoms with E-state index in [4.69, 9.17) is 5.26 Å². The Balaban J connectivity index is 2.01. The fraction of sp³-hybridized carbons (Fsp3) is 0.125. The average molecular weight is 268 g/mol. The van der Waals surface area contributed by atoms with Gasteiger partial charge in [-0.2, -0.15) is 5.26 Å². The van der Waals surface area contributed by atoms with Gasteiger partial charge in [-0.05, 0) is 55.0 Å². The first-order chi connectivity index (χ1) is 9.60. The van der Waals surface area contributed by atoms with E-state index in [-0.39, 0.29) is 18.1 Å². The summed E-state index contributed by atoms with van der Waals surface area (Å²) in [4.78, 5) is 12.0. The zero-order valence-electron chi connectivity index (χ0n) is 11.0. The quantitative estimate of drug-likeness (QED) is 0.865. The molecule has 0 aliphatic rings. The van der Waals surface area contributed by atoms with E-state index in [2.05, 4.69) is 5.32 Å². The van der Waals surface area contributed by atoms with Crippen molar-refractivity contribution in [1.29, 1.82) is 5.26 Å². The van der Waals surface area contributed by atoms with Gasteiger partial charge in [-0.15, -0.1) is 0 Å². The van der Waals surface area contributed by atoms with Gasteiger partial charge in [0.15, 0.2) is 5.78 Å². The molecule has 2 rings (SSSR count). The van der Waals surface area contributed by atoms with Gasteiger partial charge in [-0.25, -0.2) is 4.39 Å². The zero-order chi connectivity index (χ0) is 14.5. The molecule has 0 radical (unpaired) electrons.